The van der Waals surface area contributed by atoms with E-state index in [1.54, 1.807) is 11.6 Å². The summed E-state index contributed by atoms with van der Waals surface area (Å²) in [5, 5.41) is 8.91. The van der Waals surface area contributed by atoms with E-state index < -0.39 is 5.97 Å². The summed E-state index contributed by atoms with van der Waals surface area (Å²) in [4.78, 5) is 14.8. The third kappa shape index (κ3) is 2.43. The van der Waals surface area contributed by atoms with Crippen LogP contribution in [0.4, 0.5) is 0 Å². The van der Waals surface area contributed by atoms with Gasteiger partial charge in [-0.3, -0.25) is 0 Å². The highest BCUT2D eigenvalue weighted by Gasteiger charge is 2.12. The molecule has 1 aromatic carbocycles. The lowest BCUT2D eigenvalue weighted by atomic mass is 10.2. The van der Waals surface area contributed by atoms with E-state index in [9.17, 15) is 4.79 Å². The first-order valence-corrected chi connectivity index (χ1v) is 5.66. The number of imidazole rings is 1. The topological polar surface area (TPSA) is 55.1 Å². The lowest BCUT2D eigenvalue weighted by Crippen LogP contribution is -1.95. The molecule has 0 aliphatic carbocycles. The number of aromatic nitrogens is 2. The Morgan fingerprint density at radius 3 is 2.67 bits per heavy atom. The molecule has 1 heterocycles. The van der Waals surface area contributed by atoms with Crippen molar-refractivity contribution in [3.8, 4) is 11.4 Å². The third-order valence-corrected chi connectivity index (χ3v) is 2.79. The van der Waals surface area contributed by atoms with Crippen molar-refractivity contribution in [3.63, 3.8) is 0 Å². The smallest absolute Gasteiger partial charge is 0.328 e. The lowest BCUT2D eigenvalue weighted by Gasteiger charge is -2.02. The summed E-state index contributed by atoms with van der Waals surface area (Å²) in [7, 11) is 1.79. The molecule has 5 heteroatoms. The first kappa shape index (κ1) is 12.4. The molecule has 0 saturated heterocycles. The van der Waals surface area contributed by atoms with Crippen LogP contribution in [0.1, 0.15) is 5.69 Å². The Kier molecular flexibility index (Phi) is 3.48. The quantitative estimate of drug-likeness (QED) is 0.866. The Balaban J connectivity index is 2.47. The molecule has 0 radical (unpaired) electrons. The molecule has 18 heavy (non-hydrogen) atoms. The Morgan fingerprint density at radius 2 is 2.06 bits per heavy atom. The van der Waals surface area contributed by atoms with Crippen LogP contribution in [0.15, 0.2) is 36.4 Å². The van der Waals surface area contributed by atoms with Gasteiger partial charge in [0.15, 0.2) is 5.15 Å². The second-order valence-corrected chi connectivity index (χ2v) is 4.07. The van der Waals surface area contributed by atoms with Crippen LogP contribution in [0.2, 0.25) is 5.15 Å². The summed E-state index contributed by atoms with van der Waals surface area (Å²) < 4.78 is 1.76. The zero-order valence-corrected chi connectivity index (χ0v) is 10.4. The molecule has 0 bridgehead atoms. The zero-order valence-electron chi connectivity index (χ0n) is 9.67. The van der Waals surface area contributed by atoms with Gasteiger partial charge in [0.05, 0.1) is 5.69 Å². The number of halogens is 1. The number of hydrogen-bond acceptors (Lipinski definition) is 2. The molecule has 0 aliphatic rings. The fourth-order valence-corrected chi connectivity index (χ4v) is 1.92. The maximum absolute atomic E-state index is 10.5. The summed E-state index contributed by atoms with van der Waals surface area (Å²) in [5.74, 6) is -0.320. The van der Waals surface area contributed by atoms with E-state index in [1.807, 2.05) is 30.3 Å². The van der Waals surface area contributed by atoms with Gasteiger partial charge in [-0.1, -0.05) is 41.9 Å². The van der Waals surface area contributed by atoms with Gasteiger partial charge in [-0.2, -0.15) is 0 Å². The molecule has 0 amide bonds. The van der Waals surface area contributed by atoms with E-state index >= 15 is 0 Å². The number of hydrogen-bond donors (Lipinski definition) is 1. The summed E-state index contributed by atoms with van der Waals surface area (Å²) in [5.41, 5.74) is 1.50. The first-order valence-electron chi connectivity index (χ1n) is 5.28. The van der Waals surface area contributed by atoms with Gasteiger partial charge in [-0.05, 0) is 6.08 Å². The molecule has 0 saturated carbocycles. The Morgan fingerprint density at radius 1 is 1.39 bits per heavy atom. The molecule has 4 nitrogen and oxygen atoms in total. The minimum Gasteiger partial charge on any atom is -0.478 e. The van der Waals surface area contributed by atoms with Crippen molar-refractivity contribution in [3.05, 3.63) is 47.3 Å². The number of carboxylic acids is 1. The van der Waals surface area contributed by atoms with Gasteiger partial charge in [0.1, 0.15) is 5.82 Å². The predicted molar refractivity (Wildman–Crippen MR) is 70.3 cm³/mol. The lowest BCUT2D eigenvalue weighted by molar-refractivity contribution is -0.131. The van der Waals surface area contributed by atoms with E-state index in [1.165, 1.54) is 6.08 Å². The molecule has 0 unspecified atom stereocenters. The molecule has 2 rings (SSSR count). The fraction of sp³-hybridized carbons (Fsp3) is 0.0769. The summed E-state index contributed by atoms with van der Waals surface area (Å²) >= 11 is 6.01. The number of carbonyl (C=O) groups is 1. The van der Waals surface area contributed by atoms with Gasteiger partial charge in [-0.15, -0.1) is 0 Å². The second kappa shape index (κ2) is 5.06. The van der Waals surface area contributed by atoms with E-state index in [0.29, 0.717) is 11.5 Å². The van der Waals surface area contributed by atoms with Crippen molar-refractivity contribution in [2.75, 3.05) is 0 Å². The molecule has 0 aliphatic heterocycles. The minimum atomic E-state index is -1.02. The molecular weight excluding hydrogens is 252 g/mol. The van der Waals surface area contributed by atoms with Crippen molar-refractivity contribution in [1.29, 1.82) is 0 Å². The highest BCUT2D eigenvalue weighted by atomic mass is 35.5. The van der Waals surface area contributed by atoms with Crippen molar-refractivity contribution >= 4 is 23.6 Å². The molecule has 1 N–H and O–H groups in total. The highest BCUT2D eigenvalue weighted by Crippen LogP contribution is 2.25. The Hall–Kier alpha value is -2.07. The highest BCUT2D eigenvalue weighted by molar-refractivity contribution is 6.31. The largest absolute Gasteiger partial charge is 0.478 e. The summed E-state index contributed by atoms with van der Waals surface area (Å²) in [6.45, 7) is 0. The monoisotopic (exact) mass is 262 g/mol. The number of nitrogens with zero attached hydrogens (tertiary/aromatic N) is 2. The number of benzene rings is 1. The average molecular weight is 263 g/mol. The molecule has 2 aromatic rings. The van der Waals surface area contributed by atoms with Crippen LogP contribution < -0.4 is 0 Å². The van der Waals surface area contributed by atoms with Crippen molar-refractivity contribution in [2.45, 2.75) is 0 Å². The van der Waals surface area contributed by atoms with Gasteiger partial charge >= 0.3 is 5.97 Å². The van der Waals surface area contributed by atoms with Crippen molar-refractivity contribution < 1.29 is 9.90 Å². The minimum absolute atomic E-state index is 0.286. The standard InChI is InChI=1S/C13H11ClN2O2/c1-16-10(7-8-11(17)18)12(14)15-13(16)9-5-3-2-4-6-9/h2-8H,1H3,(H,17,18)/b8-7+. The van der Waals surface area contributed by atoms with Gasteiger partial charge in [0, 0.05) is 18.7 Å². The second-order valence-electron chi connectivity index (χ2n) is 3.71. The van der Waals surface area contributed by atoms with Gasteiger partial charge in [0.25, 0.3) is 0 Å². The average Bonchev–Trinajstić information content (AvgIpc) is 2.63. The van der Waals surface area contributed by atoms with Crippen LogP contribution in [0.25, 0.3) is 17.5 Å². The van der Waals surface area contributed by atoms with Crippen molar-refractivity contribution in [2.24, 2.45) is 7.05 Å². The fourth-order valence-electron chi connectivity index (χ4n) is 1.65. The first-order chi connectivity index (χ1) is 8.59. The Bertz CT molecular complexity index is 603. The van der Waals surface area contributed by atoms with Gasteiger partial charge < -0.3 is 9.67 Å². The molecule has 0 atom stereocenters. The molecule has 92 valence electrons. The maximum atomic E-state index is 10.5. The van der Waals surface area contributed by atoms with Crippen molar-refractivity contribution in [1.82, 2.24) is 9.55 Å². The molecule has 0 spiro atoms. The van der Waals surface area contributed by atoms with Crippen LogP contribution in [-0.2, 0) is 11.8 Å². The van der Waals surface area contributed by atoms with Gasteiger partial charge in [-0.25, -0.2) is 9.78 Å². The van der Waals surface area contributed by atoms with Crippen LogP contribution in [0.3, 0.4) is 0 Å². The van der Waals surface area contributed by atoms with Crippen LogP contribution in [0, 0.1) is 0 Å². The van der Waals surface area contributed by atoms with E-state index in [2.05, 4.69) is 4.98 Å². The number of aliphatic carboxylic acids is 1. The zero-order chi connectivity index (χ0) is 13.1. The van der Waals surface area contributed by atoms with Crippen LogP contribution in [-0.4, -0.2) is 20.6 Å². The molecule has 0 fully saturated rings. The van der Waals surface area contributed by atoms with E-state index in [-0.39, 0.29) is 5.15 Å². The third-order valence-electron chi connectivity index (χ3n) is 2.51. The van der Waals surface area contributed by atoms with E-state index in [0.717, 1.165) is 11.6 Å². The molecular formula is C13H11ClN2O2. The van der Waals surface area contributed by atoms with E-state index in [4.69, 9.17) is 16.7 Å². The normalized spacial score (nSPS) is 11.0. The number of carboxylic acid groups (broad SMARTS) is 1. The van der Waals surface area contributed by atoms with Crippen LogP contribution in [0.5, 0.6) is 0 Å². The summed E-state index contributed by atoms with van der Waals surface area (Å²) in [6, 6.07) is 9.57. The maximum Gasteiger partial charge on any atom is 0.328 e. The Labute approximate surface area is 109 Å². The molecule has 1 aromatic heterocycles. The number of rotatable bonds is 3. The summed E-state index contributed by atoms with van der Waals surface area (Å²) in [6.07, 6.45) is 2.47. The van der Waals surface area contributed by atoms with Gasteiger partial charge in [0.2, 0.25) is 0 Å². The predicted octanol–water partition coefficient (Wildman–Crippen LogP) is 2.84. The van der Waals surface area contributed by atoms with Crippen LogP contribution >= 0.6 is 11.6 Å². The SMILES string of the molecule is Cn1c(-c2ccccc2)nc(Cl)c1/C=C/C(=O)O.